The van der Waals surface area contributed by atoms with Gasteiger partial charge in [-0.3, -0.25) is 9.69 Å². The van der Waals surface area contributed by atoms with Gasteiger partial charge in [-0.05, 0) is 73.7 Å². The molecule has 0 N–H and O–H groups in total. The van der Waals surface area contributed by atoms with E-state index in [1.807, 2.05) is 17.9 Å². The molecule has 0 atom stereocenters. The fourth-order valence-corrected chi connectivity index (χ4v) is 5.95. The molecule has 1 amide bonds. The molecule has 0 saturated heterocycles. The number of anilines is 1. The fourth-order valence-electron chi connectivity index (χ4n) is 5.95. The number of nitrogens with zero attached hydrogens (tertiary/aromatic N) is 1. The van der Waals surface area contributed by atoms with Gasteiger partial charge in [0, 0.05) is 5.56 Å². The second kappa shape index (κ2) is 9.71. The van der Waals surface area contributed by atoms with E-state index in [1.165, 1.54) is 27.8 Å². The Labute approximate surface area is 220 Å². The molecule has 4 aromatic carbocycles. The SMILES string of the molecule is C/C=C/C(=O)N1c2ccc(C(c3ccccc3)(c3ccccc3)c3ccccc3)cc2C(C)=CC1(C)C. The molecule has 0 bridgehead atoms. The summed E-state index contributed by atoms with van der Waals surface area (Å²) in [6.45, 7) is 8.22. The van der Waals surface area contributed by atoms with Crippen LogP contribution in [0.5, 0.6) is 0 Å². The van der Waals surface area contributed by atoms with Crippen LogP contribution in [-0.4, -0.2) is 11.4 Å². The van der Waals surface area contributed by atoms with Crippen molar-refractivity contribution in [2.24, 2.45) is 0 Å². The number of amides is 1. The molecule has 0 aliphatic carbocycles. The van der Waals surface area contributed by atoms with Crippen LogP contribution in [0.1, 0.15) is 55.5 Å². The molecule has 1 heterocycles. The Morgan fingerprint density at radius 2 is 1.22 bits per heavy atom. The van der Waals surface area contributed by atoms with Crippen molar-refractivity contribution in [3.63, 3.8) is 0 Å². The first-order chi connectivity index (χ1) is 17.9. The van der Waals surface area contributed by atoms with Crippen molar-refractivity contribution in [3.05, 3.63) is 155 Å². The van der Waals surface area contributed by atoms with Gasteiger partial charge in [0.25, 0.3) is 5.91 Å². The molecular formula is C35H33NO. The molecule has 5 rings (SSSR count). The van der Waals surface area contributed by atoms with Crippen LogP contribution in [0.3, 0.4) is 0 Å². The molecule has 0 unspecified atom stereocenters. The maximum Gasteiger partial charge on any atom is 0.251 e. The summed E-state index contributed by atoms with van der Waals surface area (Å²) in [7, 11) is 0. The van der Waals surface area contributed by atoms with Gasteiger partial charge in [-0.25, -0.2) is 0 Å². The predicted molar refractivity (Wildman–Crippen MR) is 155 cm³/mol. The van der Waals surface area contributed by atoms with Crippen LogP contribution in [0.4, 0.5) is 5.69 Å². The minimum Gasteiger partial charge on any atom is -0.299 e. The van der Waals surface area contributed by atoms with E-state index in [2.05, 4.69) is 136 Å². The summed E-state index contributed by atoms with van der Waals surface area (Å²) in [6, 6.07) is 38.8. The van der Waals surface area contributed by atoms with Crippen molar-refractivity contribution < 1.29 is 4.79 Å². The quantitative estimate of drug-likeness (QED) is 0.207. The van der Waals surface area contributed by atoms with E-state index in [4.69, 9.17) is 0 Å². The smallest absolute Gasteiger partial charge is 0.251 e. The minimum absolute atomic E-state index is 0.00862. The zero-order valence-corrected chi connectivity index (χ0v) is 22.0. The number of hydrogen-bond acceptors (Lipinski definition) is 1. The first-order valence-corrected chi connectivity index (χ1v) is 12.9. The first-order valence-electron chi connectivity index (χ1n) is 12.9. The third kappa shape index (κ3) is 4.13. The predicted octanol–water partition coefficient (Wildman–Crippen LogP) is 8.17. The summed E-state index contributed by atoms with van der Waals surface area (Å²) in [4.78, 5) is 15.2. The highest BCUT2D eigenvalue weighted by molar-refractivity contribution is 6.06. The standard InChI is InChI=1S/C35H33NO/c1-5-15-33(37)36-32-23-22-30(24-31(32)26(2)25-34(36,3)4)35(27-16-9-6-10-17-27,28-18-11-7-12-19-28)29-20-13-8-14-21-29/h5-25H,1-4H3/b15-5+. The van der Waals surface area contributed by atoms with E-state index in [9.17, 15) is 4.79 Å². The molecule has 0 spiro atoms. The Morgan fingerprint density at radius 3 is 1.68 bits per heavy atom. The van der Waals surface area contributed by atoms with E-state index in [0.717, 1.165) is 11.3 Å². The number of benzene rings is 4. The molecule has 184 valence electrons. The van der Waals surface area contributed by atoms with Crippen molar-refractivity contribution in [1.29, 1.82) is 0 Å². The lowest BCUT2D eigenvalue weighted by atomic mass is 9.64. The first kappa shape index (κ1) is 24.5. The highest BCUT2D eigenvalue weighted by Gasteiger charge is 2.40. The Kier molecular flexibility index (Phi) is 6.43. The van der Waals surface area contributed by atoms with Crippen LogP contribution >= 0.6 is 0 Å². The van der Waals surface area contributed by atoms with Gasteiger partial charge in [0.1, 0.15) is 0 Å². The van der Waals surface area contributed by atoms with Crippen molar-refractivity contribution in [3.8, 4) is 0 Å². The van der Waals surface area contributed by atoms with Crippen LogP contribution in [-0.2, 0) is 10.2 Å². The largest absolute Gasteiger partial charge is 0.299 e. The maximum absolute atomic E-state index is 13.2. The lowest BCUT2D eigenvalue weighted by molar-refractivity contribution is -0.114. The lowest BCUT2D eigenvalue weighted by Crippen LogP contribution is -2.48. The summed E-state index contributed by atoms with van der Waals surface area (Å²) < 4.78 is 0. The number of fused-ring (bicyclic) bond motifs is 1. The molecular weight excluding hydrogens is 450 g/mol. The van der Waals surface area contributed by atoms with E-state index >= 15 is 0 Å². The molecule has 0 saturated carbocycles. The topological polar surface area (TPSA) is 20.3 Å². The monoisotopic (exact) mass is 483 g/mol. The van der Waals surface area contributed by atoms with Crippen molar-refractivity contribution in [2.75, 3.05) is 4.90 Å². The number of allylic oxidation sites excluding steroid dienone is 2. The van der Waals surface area contributed by atoms with Gasteiger partial charge < -0.3 is 0 Å². The van der Waals surface area contributed by atoms with Crippen LogP contribution in [0, 0.1) is 0 Å². The van der Waals surface area contributed by atoms with E-state index in [-0.39, 0.29) is 5.91 Å². The Balaban J connectivity index is 1.84. The van der Waals surface area contributed by atoms with Gasteiger partial charge in [0.15, 0.2) is 0 Å². The highest BCUT2D eigenvalue weighted by atomic mass is 16.2. The number of carbonyl (C=O) groups is 1. The van der Waals surface area contributed by atoms with Gasteiger partial charge in [-0.2, -0.15) is 0 Å². The van der Waals surface area contributed by atoms with E-state index < -0.39 is 11.0 Å². The van der Waals surface area contributed by atoms with Crippen LogP contribution in [0.2, 0.25) is 0 Å². The van der Waals surface area contributed by atoms with E-state index in [0.29, 0.717) is 0 Å². The number of rotatable bonds is 5. The molecule has 1 aliphatic rings. The second-order valence-corrected chi connectivity index (χ2v) is 10.2. The zero-order chi connectivity index (χ0) is 26.0. The molecule has 0 radical (unpaired) electrons. The van der Waals surface area contributed by atoms with Crippen molar-refractivity contribution >= 4 is 17.2 Å². The average Bonchev–Trinajstić information content (AvgIpc) is 2.91. The molecule has 2 nitrogen and oxygen atoms in total. The molecule has 1 aliphatic heterocycles. The normalized spacial score (nSPS) is 14.8. The summed E-state index contributed by atoms with van der Waals surface area (Å²) in [5, 5.41) is 0. The molecule has 2 heteroatoms. The third-order valence-corrected chi connectivity index (χ3v) is 7.39. The van der Waals surface area contributed by atoms with E-state index in [1.54, 1.807) is 6.08 Å². The Hall–Kier alpha value is -4.17. The molecule has 37 heavy (non-hydrogen) atoms. The van der Waals surface area contributed by atoms with Gasteiger partial charge in [-0.15, -0.1) is 0 Å². The minimum atomic E-state index is -0.524. The number of hydrogen-bond donors (Lipinski definition) is 0. The van der Waals surface area contributed by atoms with Crippen LogP contribution < -0.4 is 4.90 Å². The molecule has 0 fully saturated rings. The Morgan fingerprint density at radius 1 is 0.730 bits per heavy atom. The van der Waals surface area contributed by atoms with Crippen LogP contribution in [0.15, 0.2) is 127 Å². The fraction of sp³-hybridized carbons (Fsp3) is 0.171. The summed E-state index contributed by atoms with van der Waals surface area (Å²) in [5.74, 6) is -0.00862. The highest BCUT2D eigenvalue weighted by Crippen LogP contribution is 2.48. The molecule has 0 aromatic heterocycles. The number of carbonyl (C=O) groups excluding carboxylic acids is 1. The Bertz CT molecular complexity index is 1370. The summed E-state index contributed by atoms with van der Waals surface area (Å²) >= 11 is 0. The maximum atomic E-state index is 13.2. The van der Waals surface area contributed by atoms with Crippen molar-refractivity contribution in [1.82, 2.24) is 0 Å². The zero-order valence-electron chi connectivity index (χ0n) is 22.0. The third-order valence-electron chi connectivity index (χ3n) is 7.39. The summed E-state index contributed by atoms with van der Waals surface area (Å²) in [6.07, 6.45) is 5.66. The van der Waals surface area contributed by atoms with Gasteiger partial charge in [0.2, 0.25) is 0 Å². The lowest BCUT2D eigenvalue weighted by Gasteiger charge is -2.42. The van der Waals surface area contributed by atoms with Gasteiger partial charge in [-0.1, -0.05) is 109 Å². The van der Waals surface area contributed by atoms with Crippen molar-refractivity contribution in [2.45, 2.75) is 38.6 Å². The average molecular weight is 484 g/mol. The second-order valence-electron chi connectivity index (χ2n) is 10.2. The van der Waals surface area contributed by atoms with Gasteiger partial charge in [0.05, 0.1) is 16.6 Å². The van der Waals surface area contributed by atoms with Gasteiger partial charge >= 0.3 is 0 Å². The summed E-state index contributed by atoms with van der Waals surface area (Å²) in [5.41, 5.74) is 7.03. The van der Waals surface area contributed by atoms with Crippen LogP contribution in [0.25, 0.3) is 5.57 Å². The molecule has 4 aromatic rings.